The van der Waals surface area contributed by atoms with Crippen LogP contribution in [-0.4, -0.2) is 59.4 Å². The third-order valence-corrected chi connectivity index (χ3v) is 4.94. The topological polar surface area (TPSA) is 88.7 Å². The average molecular weight is 416 g/mol. The van der Waals surface area contributed by atoms with Gasteiger partial charge in [0.2, 0.25) is 0 Å². The monoisotopic (exact) mass is 416 g/mol. The highest BCUT2D eigenvalue weighted by Crippen LogP contribution is 2.33. The maximum Gasteiger partial charge on any atom is 0.340 e. The summed E-state index contributed by atoms with van der Waals surface area (Å²) in [5.74, 6) is -2.87. The molecule has 0 bridgehead atoms. The summed E-state index contributed by atoms with van der Waals surface area (Å²) in [6.07, 6.45) is -0.422. The smallest absolute Gasteiger partial charge is 0.340 e. The van der Waals surface area contributed by atoms with Crippen LogP contribution in [0.5, 0.6) is 0 Å². The maximum atomic E-state index is 14.6. The summed E-state index contributed by atoms with van der Waals surface area (Å²) in [5, 5.41) is 0. The number of Topliss-reactive ketones (excluding diaryl/α,β-unsaturated/α-hetero) is 1. The van der Waals surface area contributed by atoms with Gasteiger partial charge in [0.15, 0.2) is 0 Å². The third-order valence-electron chi connectivity index (χ3n) is 4.94. The van der Waals surface area contributed by atoms with E-state index in [1.165, 1.54) is 23.1 Å². The maximum absolute atomic E-state index is 14.6. The molecule has 0 radical (unpaired) electrons. The van der Waals surface area contributed by atoms with Gasteiger partial charge in [-0.25, -0.2) is 9.18 Å². The second kappa shape index (κ2) is 8.79. The van der Waals surface area contributed by atoms with E-state index < -0.39 is 23.5 Å². The highest BCUT2D eigenvalue weighted by atomic mass is 19.1. The Morgan fingerprint density at radius 3 is 2.43 bits per heavy atom. The number of ketones is 1. The lowest BCUT2D eigenvalue weighted by atomic mass is 9.97. The van der Waals surface area contributed by atoms with Crippen LogP contribution in [0, 0.1) is 12.7 Å². The van der Waals surface area contributed by atoms with Gasteiger partial charge in [-0.1, -0.05) is 18.2 Å². The fourth-order valence-electron chi connectivity index (χ4n) is 3.78. The zero-order valence-corrected chi connectivity index (χ0v) is 17.5. The molecule has 0 saturated carbocycles. The number of aromatic nitrogens is 1. The number of halogens is 1. The van der Waals surface area contributed by atoms with Crippen molar-refractivity contribution >= 4 is 17.7 Å². The molecule has 0 spiro atoms. The lowest BCUT2D eigenvalue weighted by Crippen LogP contribution is -2.50. The van der Waals surface area contributed by atoms with Crippen molar-refractivity contribution in [2.24, 2.45) is 0 Å². The summed E-state index contributed by atoms with van der Waals surface area (Å²) in [6.45, 7) is 7.54. The van der Waals surface area contributed by atoms with E-state index in [1.807, 2.05) is 13.8 Å². The highest BCUT2D eigenvalue weighted by molar-refractivity contribution is 6.43. The normalized spacial score (nSPS) is 18.9. The number of nitrogens with one attached hydrogen (secondary N) is 1. The van der Waals surface area contributed by atoms with E-state index in [4.69, 9.17) is 9.47 Å². The predicted octanol–water partition coefficient (Wildman–Crippen LogP) is 3.12. The molecular formula is C22H25FN2O5. The second-order valence-corrected chi connectivity index (χ2v) is 7.37. The van der Waals surface area contributed by atoms with Gasteiger partial charge >= 0.3 is 5.97 Å². The molecule has 30 heavy (non-hydrogen) atoms. The molecule has 1 aliphatic rings. The fraction of sp³-hybridized carbons (Fsp3) is 0.409. The number of carbonyl (C=O) groups is 3. The average Bonchev–Trinajstić information content (AvgIpc) is 3.03. The molecule has 1 aromatic carbocycles. The van der Waals surface area contributed by atoms with E-state index in [-0.39, 0.29) is 54.3 Å². The fourth-order valence-corrected chi connectivity index (χ4v) is 3.78. The van der Waals surface area contributed by atoms with Gasteiger partial charge in [-0.3, -0.25) is 9.59 Å². The number of morpholine rings is 1. The molecule has 1 amide bonds. The number of H-pyrrole nitrogens is 1. The third kappa shape index (κ3) is 4.14. The van der Waals surface area contributed by atoms with E-state index in [0.29, 0.717) is 5.69 Å². The van der Waals surface area contributed by atoms with Crippen LogP contribution in [-0.2, 0) is 14.3 Å². The molecular weight excluding hydrogens is 391 g/mol. The van der Waals surface area contributed by atoms with Gasteiger partial charge in [-0.2, -0.15) is 0 Å². The van der Waals surface area contributed by atoms with Gasteiger partial charge in [0, 0.05) is 29.9 Å². The van der Waals surface area contributed by atoms with Crippen LogP contribution in [0.1, 0.15) is 47.3 Å². The number of benzene rings is 1. The van der Waals surface area contributed by atoms with Gasteiger partial charge in [-0.15, -0.1) is 0 Å². The quantitative estimate of drug-likeness (QED) is 0.460. The molecule has 3 rings (SSSR count). The van der Waals surface area contributed by atoms with Crippen LogP contribution in [0.15, 0.2) is 24.3 Å². The van der Waals surface area contributed by atoms with E-state index in [1.54, 1.807) is 19.9 Å². The summed E-state index contributed by atoms with van der Waals surface area (Å²) in [4.78, 5) is 43.0. The number of amides is 1. The molecule has 1 saturated heterocycles. The first-order valence-electron chi connectivity index (χ1n) is 9.88. The summed E-state index contributed by atoms with van der Waals surface area (Å²) in [5.41, 5.74) is 0.326. The summed E-state index contributed by atoms with van der Waals surface area (Å²) < 4.78 is 25.3. The van der Waals surface area contributed by atoms with Crippen molar-refractivity contribution in [1.29, 1.82) is 0 Å². The largest absolute Gasteiger partial charge is 0.462 e. The van der Waals surface area contributed by atoms with Crippen molar-refractivity contribution in [3.05, 3.63) is 47.0 Å². The Bertz CT molecular complexity index is 974. The van der Waals surface area contributed by atoms with Crippen molar-refractivity contribution in [2.45, 2.75) is 39.9 Å². The Morgan fingerprint density at radius 2 is 1.83 bits per heavy atom. The van der Waals surface area contributed by atoms with E-state index >= 15 is 0 Å². The number of rotatable bonds is 5. The Hall–Kier alpha value is -3.00. The number of nitrogens with zero attached hydrogens (tertiary/aromatic N) is 1. The van der Waals surface area contributed by atoms with Crippen molar-refractivity contribution < 1.29 is 28.2 Å². The SMILES string of the molecule is CCOC(=O)c1c(C)[nH]c(C(=O)C(=O)N2C[C@@H](C)O[C@@H](C)C2)c1-c1ccccc1F. The number of ether oxygens (including phenoxy) is 2. The minimum atomic E-state index is -0.840. The van der Waals surface area contributed by atoms with Crippen molar-refractivity contribution in [1.82, 2.24) is 9.88 Å². The summed E-state index contributed by atoms with van der Waals surface area (Å²) in [7, 11) is 0. The zero-order valence-electron chi connectivity index (χ0n) is 17.5. The first-order valence-corrected chi connectivity index (χ1v) is 9.88. The first kappa shape index (κ1) is 21.7. The second-order valence-electron chi connectivity index (χ2n) is 7.37. The first-order chi connectivity index (χ1) is 14.2. The van der Waals surface area contributed by atoms with Gasteiger partial charge in [0.25, 0.3) is 11.7 Å². The van der Waals surface area contributed by atoms with Gasteiger partial charge < -0.3 is 19.4 Å². The molecule has 2 heterocycles. The van der Waals surface area contributed by atoms with Crippen molar-refractivity contribution in [3.63, 3.8) is 0 Å². The van der Waals surface area contributed by atoms with Crippen LogP contribution in [0.4, 0.5) is 4.39 Å². The number of aromatic amines is 1. The van der Waals surface area contributed by atoms with E-state index in [2.05, 4.69) is 4.98 Å². The molecule has 0 aliphatic carbocycles. The van der Waals surface area contributed by atoms with Crippen molar-refractivity contribution in [2.75, 3.05) is 19.7 Å². The zero-order chi connectivity index (χ0) is 22.0. The highest BCUT2D eigenvalue weighted by Gasteiger charge is 2.35. The molecule has 2 aromatic rings. The number of hydrogen-bond acceptors (Lipinski definition) is 5. The summed E-state index contributed by atoms with van der Waals surface area (Å²) >= 11 is 0. The Labute approximate surface area is 174 Å². The van der Waals surface area contributed by atoms with E-state index in [0.717, 1.165) is 0 Å². The Morgan fingerprint density at radius 1 is 1.20 bits per heavy atom. The predicted molar refractivity (Wildman–Crippen MR) is 108 cm³/mol. The molecule has 1 aliphatic heterocycles. The van der Waals surface area contributed by atoms with Crippen molar-refractivity contribution in [3.8, 4) is 11.1 Å². The number of hydrogen-bond donors (Lipinski definition) is 1. The molecule has 2 atom stereocenters. The van der Waals surface area contributed by atoms with Gasteiger partial charge in [0.1, 0.15) is 11.5 Å². The minimum absolute atomic E-state index is 0.0387. The standard InChI is InChI=1S/C22H25FN2O5/c1-5-29-22(28)17-14(4)24-19(18(17)15-8-6-7-9-16(15)23)20(26)21(27)25-10-12(2)30-13(3)11-25/h6-9,12-13,24H,5,10-11H2,1-4H3/t12-,13+. The number of carbonyl (C=O) groups excluding carboxylic acids is 3. The van der Waals surface area contributed by atoms with Crippen LogP contribution in [0.2, 0.25) is 0 Å². The summed E-state index contributed by atoms with van der Waals surface area (Å²) in [6, 6.07) is 5.79. The number of esters is 1. The van der Waals surface area contributed by atoms with Crippen LogP contribution < -0.4 is 0 Å². The van der Waals surface area contributed by atoms with E-state index in [9.17, 15) is 18.8 Å². The van der Waals surface area contributed by atoms with Gasteiger partial charge in [0.05, 0.1) is 24.4 Å². The lowest BCUT2D eigenvalue weighted by molar-refractivity contribution is -0.138. The molecule has 1 aromatic heterocycles. The minimum Gasteiger partial charge on any atom is -0.462 e. The molecule has 8 heteroatoms. The molecule has 1 N–H and O–H groups in total. The Kier molecular flexibility index (Phi) is 6.36. The van der Waals surface area contributed by atoms with Crippen LogP contribution >= 0.6 is 0 Å². The van der Waals surface area contributed by atoms with Crippen LogP contribution in [0.3, 0.4) is 0 Å². The van der Waals surface area contributed by atoms with Gasteiger partial charge in [-0.05, 0) is 33.8 Å². The molecule has 0 unspecified atom stereocenters. The molecule has 1 fully saturated rings. The van der Waals surface area contributed by atoms with Crippen LogP contribution in [0.25, 0.3) is 11.1 Å². The lowest BCUT2D eigenvalue weighted by Gasteiger charge is -2.34. The molecule has 160 valence electrons. The number of aryl methyl sites for hydroxylation is 1. The Balaban J connectivity index is 2.09. The molecule has 7 nitrogen and oxygen atoms in total.